The molecule has 2 atom stereocenters. The van der Waals surface area contributed by atoms with Crippen molar-refractivity contribution in [3.8, 4) is 6.07 Å². The summed E-state index contributed by atoms with van der Waals surface area (Å²) in [5.41, 5.74) is 1.22. The van der Waals surface area contributed by atoms with Crippen LogP contribution in [-0.4, -0.2) is 60.8 Å². The Hall–Kier alpha value is -1.68. The monoisotopic (exact) mass is 351 g/mol. The maximum absolute atomic E-state index is 14.0. The SMILES string of the molecule is N#Cc1cc(Cl)ccc1CN1C[C@H](F)C[C@H]1C(=O)N1CCOCC1. The van der Waals surface area contributed by atoms with Crippen molar-refractivity contribution >= 4 is 17.5 Å². The van der Waals surface area contributed by atoms with Gasteiger partial charge in [0.15, 0.2) is 0 Å². The van der Waals surface area contributed by atoms with Crippen LogP contribution in [0.5, 0.6) is 0 Å². The van der Waals surface area contributed by atoms with Gasteiger partial charge in [0.1, 0.15) is 6.17 Å². The highest BCUT2D eigenvalue weighted by Crippen LogP contribution is 2.26. The molecular formula is C17H19ClFN3O2. The number of carbonyl (C=O) groups is 1. The lowest BCUT2D eigenvalue weighted by Crippen LogP contribution is -2.49. The highest BCUT2D eigenvalue weighted by molar-refractivity contribution is 6.30. The number of morpholine rings is 1. The maximum Gasteiger partial charge on any atom is 0.240 e. The van der Waals surface area contributed by atoms with Gasteiger partial charge in [-0.2, -0.15) is 5.26 Å². The molecule has 2 fully saturated rings. The Morgan fingerprint density at radius 3 is 2.88 bits per heavy atom. The van der Waals surface area contributed by atoms with Crippen molar-refractivity contribution in [2.75, 3.05) is 32.8 Å². The van der Waals surface area contributed by atoms with Crippen LogP contribution in [0.1, 0.15) is 17.5 Å². The van der Waals surface area contributed by atoms with Gasteiger partial charge in [-0.25, -0.2) is 4.39 Å². The smallest absolute Gasteiger partial charge is 0.240 e. The average Bonchev–Trinajstić information content (AvgIpc) is 2.97. The van der Waals surface area contributed by atoms with Crippen LogP contribution in [0.2, 0.25) is 5.02 Å². The third-order valence-corrected chi connectivity index (χ3v) is 4.76. The number of ether oxygens (including phenoxy) is 1. The lowest BCUT2D eigenvalue weighted by atomic mass is 10.1. The lowest BCUT2D eigenvalue weighted by molar-refractivity contribution is -0.140. The van der Waals surface area contributed by atoms with Crippen molar-refractivity contribution in [2.24, 2.45) is 0 Å². The molecule has 1 amide bonds. The molecular weight excluding hydrogens is 333 g/mol. The van der Waals surface area contributed by atoms with E-state index < -0.39 is 12.2 Å². The molecule has 2 heterocycles. The predicted molar refractivity (Wildman–Crippen MR) is 87.3 cm³/mol. The molecule has 3 rings (SSSR count). The highest BCUT2D eigenvalue weighted by Gasteiger charge is 2.39. The quantitative estimate of drug-likeness (QED) is 0.835. The minimum Gasteiger partial charge on any atom is -0.378 e. The van der Waals surface area contributed by atoms with Crippen LogP contribution in [0.25, 0.3) is 0 Å². The average molecular weight is 352 g/mol. The van der Waals surface area contributed by atoms with Crippen LogP contribution in [0, 0.1) is 11.3 Å². The molecule has 2 aliphatic heterocycles. The van der Waals surface area contributed by atoms with Gasteiger partial charge in [0, 0.05) is 37.6 Å². The van der Waals surface area contributed by atoms with Gasteiger partial charge >= 0.3 is 0 Å². The summed E-state index contributed by atoms with van der Waals surface area (Å²) in [6, 6.07) is 6.70. The number of hydrogen-bond donors (Lipinski definition) is 0. The summed E-state index contributed by atoms with van der Waals surface area (Å²) in [6.45, 7) is 2.70. The molecule has 0 bridgehead atoms. The molecule has 1 aromatic rings. The number of halogens is 2. The first-order valence-electron chi connectivity index (χ1n) is 8.01. The van der Waals surface area contributed by atoms with Gasteiger partial charge in [-0.15, -0.1) is 0 Å². The van der Waals surface area contributed by atoms with E-state index in [0.717, 1.165) is 5.56 Å². The van der Waals surface area contributed by atoms with Crippen molar-refractivity contribution in [3.63, 3.8) is 0 Å². The summed E-state index contributed by atoms with van der Waals surface area (Å²) in [4.78, 5) is 16.3. The zero-order valence-corrected chi connectivity index (χ0v) is 14.0. The van der Waals surface area contributed by atoms with Crippen LogP contribution in [-0.2, 0) is 16.1 Å². The standard InChI is InChI=1S/C17H19ClFN3O2/c18-14-2-1-12(13(7-14)9-20)10-22-11-15(19)8-16(22)17(23)21-3-5-24-6-4-21/h1-2,7,15-16H,3-6,8,10-11H2/t15-,16+/m1/s1. The molecule has 2 aliphatic rings. The van der Waals surface area contributed by atoms with Crippen molar-refractivity contribution in [3.05, 3.63) is 34.3 Å². The second-order valence-corrected chi connectivity index (χ2v) is 6.57. The fourth-order valence-corrected chi connectivity index (χ4v) is 3.46. The van der Waals surface area contributed by atoms with Crippen LogP contribution in [0.4, 0.5) is 4.39 Å². The second-order valence-electron chi connectivity index (χ2n) is 6.13. The van der Waals surface area contributed by atoms with Crippen molar-refractivity contribution in [1.82, 2.24) is 9.80 Å². The fourth-order valence-electron chi connectivity index (χ4n) is 3.28. The Morgan fingerprint density at radius 2 is 2.17 bits per heavy atom. The van der Waals surface area contributed by atoms with E-state index in [-0.39, 0.29) is 18.9 Å². The van der Waals surface area contributed by atoms with Gasteiger partial charge in [0.25, 0.3) is 0 Å². The molecule has 0 aliphatic carbocycles. The summed E-state index contributed by atoms with van der Waals surface area (Å²) in [6.07, 6.45) is -0.830. The Balaban J connectivity index is 1.76. The number of amides is 1. The molecule has 0 aromatic heterocycles. The molecule has 0 saturated carbocycles. The number of nitriles is 1. The predicted octanol–water partition coefficient (Wildman–Crippen LogP) is 1.98. The molecule has 0 spiro atoms. The summed E-state index contributed by atoms with van der Waals surface area (Å²) >= 11 is 5.92. The zero-order chi connectivity index (χ0) is 17.1. The maximum atomic E-state index is 14.0. The van der Waals surface area contributed by atoms with E-state index in [2.05, 4.69) is 6.07 Å². The van der Waals surface area contributed by atoms with E-state index in [1.165, 1.54) is 0 Å². The largest absolute Gasteiger partial charge is 0.378 e. The van der Waals surface area contributed by atoms with E-state index in [0.29, 0.717) is 43.4 Å². The highest BCUT2D eigenvalue weighted by atomic mass is 35.5. The van der Waals surface area contributed by atoms with E-state index in [1.54, 1.807) is 23.1 Å². The zero-order valence-electron chi connectivity index (χ0n) is 13.3. The molecule has 0 N–H and O–H groups in total. The van der Waals surface area contributed by atoms with Crippen LogP contribution >= 0.6 is 11.6 Å². The van der Waals surface area contributed by atoms with E-state index in [4.69, 9.17) is 16.3 Å². The minimum atomic E-state index is -1.03. The minimum absolute atomic E-state index is 0.0501. The van der Waals surface area contributed by atoms with Gasteiger partial charge in [-0.1, -0.05) is 17.7 Å². The normalized spacial score (nSPS) is 24.8. The summed E-state index contributed by atoms with van der Waals surface area (Å²) < 4.78 is 19.2. The molecule has 5 nitrogen and oxygen atoms in total. The first-order chi connectivity index (χ1) is 11.6. The van der Waals surface area contributed by atoms with Gasteiger partial charge < -0.3 is 9.64 Å². The lowest BCUT2D eigenvalue weighted by Gasteiger charge is -2.32. The molecule has 2 saturated heterocycles. The molecule has 0 radical (unpaired) electrons. The topological polar surface area (TPSA) is 56.6 Å². The Bertz CT molecular complexity index is 658. The number of rotatable bonds is 3. The number of carbonyl (C=O) groups excluding carboxylic acids is 1. The Morgan fingerprint density at radius 1 is 1.42 bits per heavy atom. The molecule has 0 unspecified atom stereocenters. The van der Waals surface area contributed by atoms with Crippen LogP contribution in [0.15, 0.2) is 18.2 Å². The van der Waals surface area contributed by atoms with Crippen molar-refractivity contribution < 1.29 is 13.9 Å². The molecule has 128 valence electrons. The van der Waals surface area contributed by atoms with Gasteiger partial charge in [0.05, 0.1) is 30.9 Å². The first-order valence-corrected chi connectivity index (χ1v) is 8.39. The molecule has 7 heteroatoms. The fraction of sp³-hybridized carbons (Fsp3) is 0.529. The van der Waals surface area contributed by atoms with E-state index in [1.807, 2.05) is 4.90 Å². The summed E-state index contributed by atoms with van der Waals surface area (Å²) in [7, 11) is 0. The van der Waals surface area contributed by atoms with Crippen LogP contribution < -0.4 is 0 Å². The third-order valence-electron chi connectivity index (χ3n) is 4.53. The second kappa shape index (κ2) is 7.47. The number of benzene rings is 1. The Labute approximate surface area is 145 Å². The summed E-state index contributed by atoms with van der Waals surface area (Å²) in [5, 5.41) is 9.74. The van der Waals surface area contributed by atoms with Crippen LogP contribution in [0.3, 0.4) is 0 Å². The van der Waals surface area contributed by atoms with Gasteiger partial charge in [-0.3, -0.25) is 9.69 Å². The number of alkyl halides is 1. The van der Waals surface area contributed by atoms with Gasteiger partial charge in [0.2, 0.25) is 5.91 Å². The number of nitrogens with zero attached hydrogens (tertiary/aromatic N) is 3. The first kappa shape index (κ1) is 17.2. The third kappa shape index (κ3) is 3.69. The summed E-state index contributed by atoms with van der Waals surface area (Å²) in [5.74, 6) is -0.0501. The number of hydrogen-bond acceptors (Lipinski definition) is 4. The van der Waals surface area contributed by atoms with E-state index >= 15 is 0 Å². The van der Waals surface area contributed by atoms with Crippen molar-refractivity contribution in [2.45, 2.75) is 25.2 Å². The van der Waals surface area contributed by atoms with Gasteiger partial charge in [-0.05, 0) is 17.7 Å². The van der Waals surface area contributed by atoms with E-state index in [9.17, 15) is 14.4 Å². The Kier molecular flexibility index (Phi) is 5.34. The number of likely N-dealkylation sites (tertiary alicyclic amines) is 1. The molecule has 1 aromatic carbocycles. The molecule has 24 heavy (non-hydrogen) atoms. The van der Waals surface area contributed by atoms with Crippen molar-refractivity contribution in [1.29, 1.82) is 5.26 Å².